The standard InChI is InChI=1S/C14H18F4N2/c1-13(6-2-3-7-13)12(20-19)9-4-5-11(15)10(8-9)14(16,17)18/h4-5,8,12,20H,2-3,6-7,19H2,1H3. The Kier molecular flexibility index (Phi) is 4.07. The van der Waals surface area contributed by atoms with Crippen molar-refractivity contribution in [1.82, 2.24) is 5.43 Å². The topological polar surface area (TPSA) is 38.0 Å². The molecule has 2 nitrogen and oxygen atoms in total. The minimum atomic E-state index is -4.70. The maximum atomic E-state index is 13.3. The van der Waals surface area contributed by atoms with Gasteiger partial charge >= 0.3 is 6.18 Å². The Balaban J connectivity index is 2.41. The maximum absolute atomic E-state index is 13.3. The van der Waals surface area contributed by atoms with Gasteiger partial charge in [0.25, 0.3) is 0 Å². The highest BCUT2D eigenvalue weighted by atomic mass is 19.4. The van der Waals surface area contributed by atoms with Crippen LogP contribution in [0.15, 0.2) is 18.2 Å². The van der Waals surface area contributed by atoms with Crippen LogP contribution in [0.1, 0.15) is 49.8 Å². The number of hydrogen-bond acceptors (Lipinski definition) is 2. The van der Waals surface area contributed by atoms with E-state index in [1.165, 1.54) is 6.07 Å². The predicted octanol–water partition coefficient (Wildman–Crippen LogP) is 3.93. The Bertz CT molecular complexity index is 479. The molecule has 0 amide bonds. The highest BCUT2D eigenvalue weighted by Crippen LogP contribution is 2.47. The smallest absolute Gasteiger partial charge is 0.271 e. The zero-order chi connectivity index (χ0) is 15.0. The summed E-state index contributed by atoms with van der Waals surface area (Å²) in [5.41, 5.74) is 1.55. The molecule has 1 aliphatic rings. The third-order valence-electron chi connectivity index (χ3n) is 4.24. The molecule has 1 aromatic carbocycles. The molecular formula is C14H18F4N2. The number of hydrogen-bond donors (Lipinski definition) is 2. The summed E-state index contributed by atoms with van der Waals surface area (Å²) in [5, 5.41) is 0. The molecule has 1 atom stereocenters. The van der Waals surface area contributed by atoms with Crippen LogP contribution < -0.4 is 11.3 Å². The van der Waals surface area contributed by atoms with Crippen molar-refractivity contribution in [3.05, 3.63) is 35.1 Å². The van der Waals surface area contributed by atoms with Crippen LogP contribution in [0, 0.1) is 11.2 Å². The number of nitrogens with one attached hydrogen (secondary N) is 1. The molecule has 112 valence electrons. The van der Waals surface area contributed by atoms with E-state index in [4.69, 9.17) is 5.84 Å². The first kappa shape index (κ1) is 15.3. The Morgan fingerprint density at radius 1 is 1.25 bits per heavy atom. The van der Waals surface area contributed by atoms with Crippen LogP contribution in [-0.4, -0.2) is 0 Å². The van der Waals surface area contributed by atoms with E-state index in [1.807, 2.05) is 6.92 Å². The number of alkyl halides is 3. The van der Waals surface area contributed by atoms with Crippen LogP contribution in [0.2, 0.25) is 0 Å². The average molecular weight is 290 g/mol. The van der Waals surface area contributed by atoms with E-state index in [-0.39, 0.29) is 5.41 Å². The van der Waals surface area contributed by atoms with Crippen molar-refractivity contribution in [3.63, 3.8) is 0 Å². The lowest BCUT2D eigenvalue weighted by Crippen LogP contribution is -2.38. The van der Waals surface area contributed by atoms with Gasteiger partial charge in [0.2, 0.25) is 0 Å². The average Bonchev–Trinajstić information content (AvgIpc) is 2.78. The number of halogens is 4. The van der Waals surface area contributed by atoms with E-state index in [0.29, 0.717) is 5.56 Å². The van der Waals surface area contributed by atoms with Gasteiger partial charge in [0.1, 0.15) is 5.82 Å². The Hall–Kier alpha value is -1.14. The van der Waals surface area contributed by atoms with E-state index in [2.05, 4.69) is 5.43 Å². The number of rotatable bonds is 3. The van der Waals surface area contributed by atoms with Crippen molar-refractivity contribution in [2.75, 3.05) is 0 Å². The summed E-state index contributed by atoms with van der Waals surface area (Å²) < 4.78 is 51.7. The highest BCUT2D eigenvalue weighted by molar-refractivity contribution is 5.30. The summed E-state index contributed by atoms with van der Waals surface area (Å²) in [5.74, 6) is 4.29. The van der Waals surface area contributed by atoms with Gasteiger partial charge in [-0.2, -0.15) is 13.2 Å². The van der Waals surface area contributed by atoms with Gasteiger partial charge in [-0.05, 0) is 36.0 Å². The minimum absolute atomic E-state index is 0.199. The molecule has 0 spiro atoms. The summed E-state index contributed by atoms with van der Waals surface area (Å²) in [4.78, 5) is 0. The Morgan fingerprint density at radius 3 is 2.35 bits per heavy atom. The third-order valence-corrected chi connectivity index (χ3v) is 4.24. The zero-order valence-corrected chi connectivity index (χ0v) is 11.2. The van der Waals surface area contributed by atoms with E-state index in [1.54, 1.807) is 0 Å². The SMILES string of the molecule is CC1(C(NN)c2ccc(F)c(C(F)(F)F)c2)CCCC1. The summed E-state index contributed by atoms with van der Waals surface area (Å²) in [6.07, 6.45) is -0.860. The first-order valence-electron chi connectivity index (χ1n) is 6.61. The number of hydrazine groups is 1. The maximum Gasteiger partial charge on any atom is 0.419 e. The lowest BCUT2D eigenvalue weighted by Gasteiger charge is -2.34. The fourth-order valence-corrected chi connectivity index (χ4v) is 3.11. The second-order valence-electron chi connectivity index (χ2n) is 5.70. The molecule has 6 heteroatoms. The van der Waals surface area contributed by atoms with Crippen LogP contribution in [0.4, 0.5) is 17.6 Å². The lowest BCUT2D eigenvalue weighted by molar-refractivity contribution is -0.140. The van der Waals surface area contributed by atoms with Gasteiger partial charge in [0.05, 0.1) is 11.6 Å². The molecule has 0 aliphatic heterocycles. The van der Waals surface area contributed by atoms with Crippen molar-refractivity contribution < 1.29 is 17.6 Å². The molecule has 0 heterocycles. The minimum Gasteiger partial charge on any atom is -0.271 e. The largest absolute Gasteiger partial charge is 0.419 e. The fourth-order valence-electron chi connectivity index (χ4n) is 3.11. The molecule has 20 heavy (non-hydrogen) atoms. The van der Waals surface area contributed by atoms with Crippen molar-refractivity contribution in [2.45, 2.75) is 44.8 Å². The van der Waals surface area contributed by atoms with Crippen LogP contribution >= 0.6 is 0 Å². The second-order valence-corrected chi connectivity index (χ2v) is 5.70. The molecule has 0 saturated heterocycles. The van der Waals surface area contributed by atoms with Gasteiger partial charge < -0.3 is 0 Å². The Morgan fingerprint density at radius 2 is 1.85 bits per heavy atom. The molecule has 1 saturated carbocycles. The monoisotopic (exact) mass is 290 g/mol. The molecule has 0 aromatic heterocycles. The van der Waals surface area contributed by atoms with Crippen LogP contribution in [0.3, 0.4) is 0 Å². The van der Waals surface area contributed by atoms with Gasteiger partial charge in [-0.1, -0.05) is 25.8 Å². The van der Waals surface area contributed by atoms with Gasteiger partial charge in [-0.3, -0.25) is 11.3 Å². The van der Waals surface area contributed by atoms with Gasteiger partial charge in [0, 0.05) is 0 Å². The molecule has 1 fully saturated rings. The summed E-state index contributed by atoms with van der Waals surface area (Å²) in [6, 6.07) is 2.69. The lowest BCUT2D eigenvalue weighted by atomic mass is 9.77. The number of nitrogens with two attached hydrogens (primary N) is 1. The summed E-state index contributed by atoms with van der Waals surface area (Å²) in [7, 11) is 0. The van der Waals surface area contributed by atoms with Crippen molar-refractivity contribution in [1.29, 1.82) is 0 Å². The predicted molar refractivity (Wildman–Crippen MR) is 68.0 cm³/mol. The molecule has 1 aliphatic carbocycles. The van der Waals surface area contributed by atoms with Crippen LogP contribution in [-0.2, 0) is 6.18 Å². The first-order chi connectivity index (χ1) is 9.28. The van der Waals surface area contributed by atoms with Crippen molar-refractivity contribution in [2.24, 2.45) is 11.3 Å². The second kappa shape index (κ2) is 5.33. The summed E-state index contributed by atoms with van der Waals surface area (Å²) in [6.45, 7) is 2.00. The molecular weight excluding hydrogens is 272 g/mol. The molecule has 2 rings (SSSR count). The molecule has 0 radical (unpaired) electrons. The quantitative estimate of drug-likeness (QED) is 0.503. The fraction of sp³-hybridized carbons (Fsp3) is 0.571. The highest BCUT2D eigenvalue weighted by Gasteiger charge is 2.39. The Labute approximate surface area is 115 Å². The van der Waals surface area contributed by atoms with E-state index in [9.17, 15) is 17.6 Å². The van der Waals surface area contributed by atoms with E-state index in [0.717, 1.165) is 37.8 Å². The number of benzene rings is 1. The third kappa shape index (κ3) is 2.81. The normalized spacial score (nSPS) is 20.1. The van der Waals surface area contributed by atoms with Gasteiger partial charge in [0.15, 0.2) is 0 Å². The zero-order valence-electron chi connectivity index (χ0n) is 11.2. The summed E-state index contributed by atoms with van der Waals surface area (Å²) >= 11 is 0. The van der Waals surface area contributed by atoms with E-state index < -0.39 is 23.6 Å². The molecule has 1 aromatic rings. The van der Waals surface area contributed by atoms with E-state index >= 15 is 0 Å². The molecule has 1 unspecified atom stereocenters. The molecule has 3 N–H and O–H groups in total. The first-order valence-corrected chi connectivity index (χ1v) is 6.61. The van der Waals surface area contributed by atoms with Gasteiger partial charge in [-0.25, -0.2) is 4.39 Å². The van der Waals surface area contributed by atoms with Crippen LogP contribution in [0.5, 0.6) is 0 Å². The van der Waals surface area contributed by atoms with Gasteiger partial charge in [-0.15, -0.1) is 0 Å². The van der Waals surface area contributed by atoms with Crippen LogP contribution in [0.25, 0.3) is 0 Å². The molecule has 0 bridgehead atoms. The van der Waals surface area contributed by atoms with Crippen molar-refractivity contribution >= 4 is 0 Å². The van der Waals surface area contributed by atoms with Crippen molar-refractivity contribution in [3.8, 4) is 0 Å².